The van der Waals surface area contributed by atoms with E-state index in [-0.39, 0.29) is 11.9 Å². The molecule has 22 heavy (non-hydrogen) atoms. The van der Waals surface area contributed by atoms with Crippen molar-refractivity contribution in [3.63, 3.8) is 0 Å². The van der Waals surface area contributed by atoms with Gasteiger partial charge in [0.1, 0.15) is 6.04 Å². The molecule has 0 saturated carbocycles. The van der Waals surface area contributed by atoms with Gasteiger partial charge in [-0.25, -0.2) is 0 Å². The van der Waals surface area contributed by atoms with Crippen LogP contribution in [0, 0.1) is 0 Å². The van der Waals surface area contributed by atoms with E-state index in [1.54, 1.807) is 0 Å². The Bertz CT molecular complexity index is 593. The van der Waals surface area contributed by atoms with E-state index in [9.17, 15) is 4.79 Å². The zero-order valence-electron chi connectivity index (χ0n) is 13.1. The molecule has 3 N–H and O–H groups in total. The minimum Gasteiger partial charge on any atom is -0.399 e. The Hall–Kier alpha value is -2.33. The molecule has 0 bridgehead atoms. The van der Waals surface area contributed by atoms with Crippen LogP contribution < -0.4 is 11.1 Å². The van der Waals surface area contributed by atoms with E-state index in [4.69, 9.17) is 5.73 Å². The van der Waals surface area contributed by atoms with Crippen molar-refractivity contribution in [1.82, 2.24) is 10.2 Å². The van der Waals surface area contributed by atoms with E-state index < -0.39 is 0 Å². The number of hydrogen-bond donors (Lipinski definition) is 2. The molecule has 0 heterocycles. The number of nitrogens with two attached hydrogens (primary N) is 1. The second-order valence-corrected chi connectivity index (χ2v) is 5.56. The molecule has 2 aromatic carbocycles. The van der Waals surface area contributed by atoms with Crippen molar-refractivity contribution in [2.75, 3.05) is 26.4 Å². The number of benzene rings is 2. The summed E-state index contributed by atoms with van der Waals surface area (Å²) in [5.74, 6) is 0.0200. The monoisotopic (exact) mass is 297 g/mol. The first-order valence-electron chi connectivity index (χ1n) is 7.41. The van der Waals surface area contributed by atoms with Crippen LogP contribution in [0.5, 0.6) is 0 Å². The first-order chi connectivity index (χ1) is 10.6. The minimum atomic E-state index is -0.271. The zero-order chi connectivity index (χ0) is 15.9. The first-order valence-corrected chi connectivity index (χ1v) is 7.41. The van der Waals surface area contributed by atoms with Crippen LogP contribution in [0.1, 0.15) is 17.2 Å². The fraction of sp³-hybridized carbons (Fsp3) is 0.278. The van der Waals surface area contributed by atoms with Crippen LogP contribution in [-0.2, 0) is 11.2 Å². The molecule has 1 atom stereocenters. The van der Waals surface area contributed by atoms with Crippen LogP contribution in [0.15, 0.2) is 54.6 Å². The topological polar surface area (TPSA) is 58.4 Å². The SMILES string of the molecule is CN(C)C(C(=O)NCCc1ccc(N)cc1)c1ccccc1. The van der Waals surface area contributed by atoms with Gasteiger partial charge in [-0.1, -0.05) is 42.5 Å². The second kappa shape index (κ2) is 7.61. The van der Waals surface area contributed by atoms with Crippen LogP contribution in [0.3, 0.4) is 0 Å². The zero-order valence-corrected chi connectivity index (χ0v) is 13.1. The summed E-state index contributed by atoms with van der Waals surface area (Å²) in [7, 11) is 3.83. The van der Waals surface area contributed by atoms with Crippen LogP contribution in [0.25, 0.3) is 0 Å². The summed E-state index contributed by atoms with van der Waals surface area (Å²) in [6.07, 6.45) is 0.793. The summed E-state index contributed by atoms with van der Waals surface area (Å²) in [5.41, 5.74) is 8.58. The Kier molecular flexibility index (Phi) is 5.55. The molecule has 0 aromatic heterocycles. The van der Waals surface area contributed by atoms with Gasteiger partial charge in [0.15, 0.2) is 0 Å². The van der Waals surface area contributed by atoms with Gasteiger partial charge in [-0.05, 0) is 43.8 Å². The third-order valence-corrected chi connectivity index (χ3v) is 3.57. The molecule has 116 valence electrons. The van der Waals surface area contributed by atoms with E-state index in [2.05, 4.69) is 5.32 Å². The maximum Gasteiger partial charge on any atom is 0.241 e. The number of nitrogens with zero attached hydrogens (tertiary/aromatic N) is 1. The molecule has 2 aromatic rings. The van der Waals surface area contributed by atoms with Crippen LogP contribution >= 0.6 is 0 Å². The number of nitrogen functional groups attached to an aromatic ring is 1. The second-order valence-electron chi connectivity index (χ2n) is 5.56. The lowest BCUT2D eigenvalue weighted by Gasteiger charge is -2.23. The van der Waals surface area contributed by atoms with Gasteiger partial charge in [0.25, 0.3) is 0 Å². The third kappa shape index (κ3) is 4.33. The number of carbonyl (C=O) groups excluding carboxylic acids is 1. The Morgan fingerprint density at radius 3 is 2.32 bits per heavy atom. The van der Waals surface area contributed by atoms with Gasteiger partial charge in [-0.2, -0.15) is 0 Å². The number of amides is 1. The molecule has 4 heteroatoms. The molecule has 0 aliphatic rings. The van der Waals surface area contributed by atoms with E-state index in [1.807, 2.05) is 73.6 Å². The van der Waals surface area contributed by atoms with Crippen LogP contribution in [0.4, 0.5) is 5.69 Å². The number of anilines is 1. The molecule has 0 aliphatic heterocycles. The lowest BCUT2D eigenvalue weighted by Crippen LogP contribution is -2.37. The number of nitrogens with one attached hydrogen (secondary N) is 1. The molecule has 0 radical (unpaired) electrons. The third-order valence-electron chi connectivity index (χ3n) is 3.57. The average Bonchev–Trinajstić information content (AvgIpc) is 2.50. The Balaban J connectivity index is 1.93. The van der Waals surface area contributed by atoms with Crippen molar-refractivity contribution in [1.29, 1.82) is 0 Å². The molecule has 0 fully saturated rings. The summed E-state index contributed by atoms with van der Waals surface area (Å²) in [5, 5.41) is 3.01. The largest absolute Gasteiger partial charge is 0.399 e. The van der Waals surface area contributed by atoms with Gasteiger partial charge in [-0.3, -0.25) is 9.69 Å². The van der Waals surface area contributed by atoms with Gasteiger partial charge < -0.3 is 11.1 Å². The van der Waals surface area contributed by atoms with E-state index in [0.717, 1.165) is 23.2 Å². The fourth-order valence-corrected chi connectivity index (χ4v) is 2.43. The molecular formula is C18H23N3O. The molecule has 1 amide bonds. The highest BCUT2D eigenvalue weighted by molar-refractivity contribution is 5.83. The van der Waals surface area contributed by atoms with Gasteiger partial charge >= 0.3 is 0 Å². The van der Waals surface area contributed by atoms with E-state index in [0.29, 0.717) is 6.54 Å². The molecule has 0 saturated heterocycles. The normalized spacial score (nSPS) is 12.1. The van der Waals surface area contributed by atoms with Crippen molar-refractivity contribution in [3.05, 3.63) is 65.7 Å². The molecule has 0 spiro atoms. The van der Waals surface area contributed by atoms with E-state index >= 15 is 0 Å². The standard InChI is InChI=1S/C18H23N3O/c1-21(2)17(15-6-4-3-5-7-15)18(22)20-13-12-14-8-10-16(19)11-9-14/h3-11,17H,12-13,19H2,1-2H3,(H,20,22). The molecule has 4 nitrogen and oxygen atoms in total. The van der Waals surface area contributed by atoms with Gasteiger partial charge in [0.2, 0.25) is 5.91 Å². The minimum absolute atomic E-state index is 0.0200. The highest BCUT2D eigenvalue weighted by atomic mass is 16.2. The summed E-state index contributed by atoms with van der Waals surface area (Å²) < 4.78 is 0. The van der Waals surface area contributed by atoms with Crippen LogP contribution in [-0.4, -0.2) is 31.4 Å². The smallest absolute Gasteiger partial charge is 0.241 e. The lowest BCUT2D eigenvalue weighted by molar-refractivity contribution is -0.125. The highest BCUT2D eigenvalue weighted by Crippen LogP contribution is 2.17. The van der Waals surface area contributed by atoms with Crippen molar-refractivity contribution < 1.29 is 4.79 Å². The number of rotatable bonds is 6. The van der Waals surface area contributed by atoms with Crippen molar-refractivity contribution in [3.8, 4) is 0 Å². The number of hydrogen-bond acceptors (Lipinski definition) is 3. The summed E-state index contributed by atoms with van der Waals surface area (Å²) in [4.78, 5) is 14.4. The molecule has 2 rings (SSSR count). The first kappa shape index (κ1) is 16.0. The predicted molar refractivity (Wildman–Crippen MR) is 90.4 cm³/mol. The average molecular weight is 297 g/mol. The maximum absolute atomic E-state index is 12.5. The molecular weight excluding hydrogens is 274 g/mol. The van der Waals surface area contributed by atoms with E-state index in [1.165, 1.54) is 0 Å². The Morgan fingerprint density at radius 1 is 1.09 bits per heavy atom. The van der Waals surface area contributed by atoms with Gasteiger partial charge in [-0.15, -0.1) is 0 Å². The van der Waals surface area contributed by atoms with Crippen molar-refractivity contribution >= 4 is 11.6 Å². The van der Waals surface area contributed by atoms with Crippen LogP contribution in [0.2, 0.25) is 0 Å². The summed E-state index contributed by atoms with van der Waals surface area (Å²) >= 11 is 0. The Labute approximate surface area is 131 Å². The highest BCUT2D eigenvalue weighted by Gasteiger charge is 2.21. The van der Waals surface area contributed by atoms with Crippen molar-refractivity contribution in [2.45, 2.75) is 12.5 Å². The van der Waals surface area contributed by atoms with Gasteiger partial charge in [0.05, 0.1) is 0 Å². The number of likely N-dealkylation sites (N-methyl/N-ethyl adjacent to an activating group) is 1. The summed E-state index contributed by atoms with van der Waals surface area (Å²) in [6, 6.07) is 17.3. The fourth-order valence-electron chi connectivity index (χ4n) is 2.43. The van der Waals surface area contributed by atoms with Crippen molar-refractivity contribution in [2.24, 2.45) is 0 Å². The van der Waals surface area contributed by atoms with Gasteiger partial charge in [0, 0.05) is 12.2 Å². The predicted octanol–water partition coefficient (Wildman–Crippen LogP) is 2.23. The summed E-state index contributed by atoms with van der Waals surface area (Å²) in [6.45, 7) is 0.611. The molecule has 1 unspecified atom stereocenters. The molecule has 0 aliphatic carbocycles. The Morgan fingerprint density at radius 2 is 1.73 bits per heavy atom. The lowest BCUT2D eigenvalue weighted by atomic mass is 10.1. The number of carbonyl (C=O) groups is 1. The maximum atomic E-state index is 12.5. The quantitative estimate of drug-likeness (QED) is 0.804.